The van der Waals surface area contributed by atoms with E-state index in [1.807, 2.05) is 24.3 Å². The maximum absolute atomic E-state index is 13.0. The van der Waals surface area contributed by atoms with E-state index in [9.17, 15) is 20.4 Å². The molecule has 1 fully saturated rings. The average molecular weight is 1980 g/mol. The van der Waals surface area contributed by atoms with Gasteiger partial charge in [0.1, 0.15) is 57.5 Å². The standard InChI is InChI=1S/C131H184N2O12/c1-21-36-48-90(16)82-138-116-56-44-57-117(139-83-95(29-9)49-37-22-2)124(116)102-64-72-110(91(17)76-102)132(111-73-65-103(77-92(111)18)125-118(140-84-96(30-10)50-38-23-3)58-45-59-119(125)141-85-97(31-11)51-39-24-4)106-68-70-108(114(134)80-106)128-130(136)129(131(128)137)109-71-69-107(81-115(109)135)133(112-74-66-104(78-93(112)19)126-120(142-86-98(32-12)52-40-25-5)60-46-61-121(126)143-87-99(33-13)53-41-26-6)113-75-67-105(79-94(113)20)127-122(144-88-100(34-14)54-42-27-7)62-47-63-123(127)145-89-101(35-15)55-43-28-8/h44-47,56-81,90,95-101,128-131,134-137H,21-43,48-55,82-89H2,1-20H3. The minimum absolute atomic E-state index is 0.0854. The maximum Gasteiger partial charge on any atom is 0.130 e. The highest BCUT2D eigenvalue weighted by molar-refractivity contribution is 5.90. The van der Waals surface area contributed by atoms with E-state index in [1.165, 1.54) is 0 Å². The summed E-state index contributed by atoms with van der Waals surface area (Å²) in [5, 5.41) is 51.8. The summed E-state index contributed by atoms with van der Waals surface area (Å²) in [6, 6.07) is 62.6. The van der Waals surface area contributed by atoms with Crippen molar-refractivity contribution < 1.29 is 58.3 Å². The van der Waals surface area contributed by atoms with Crippen molar-refractivity contribution in [1.29, 1.82) is 0 Å². The van der Waals surface area contributed by atoms with E-state index in [0.29, 0.717) is 123 Å². The minimum atomic E-state index is -1.22. The van der Waals surface area contributed by atoms with Gasteiger partial charge in [0.05, 0.1) is 87.3 Å². The number of unbranched alkanes of at least 4 members (excludes halogenated alkanes) is 8. The third-order valence-electron chi connectivity index (χ3n) is 31.3. The Morgan fingerprint density at radius 2 is 0.448 bits per heavy atom. The van der Waals surface area contributed by atoms with Crippen LogP contribution in [0.25, 0.3) is 44.5 Å². The first kappa shape index (κ1) is 115. The Hall–Kier alpha value is -10.3. The van der Waals surface area contributed by atoms with Crippen molar-refractivity contribution in [3.8, 4) is 102 Å². The highest BCUT2D eigenvalue weighted by atomic mass is 16.5. The maximum atomic E-state index is 13.0. The number of phenols is 2. The number of aliphatic hydroxyl groups is 2. The van der Waals surface area contributed by atoms with Gasteiger partial charge in [-0.15, -0.1) is 0 Å². The van der Waals surface area contributed by atoms with Crippen LogP contribution in [-0.2, 0) is 0 Å². The highest BCUT2D eigenvalue weighted by Crippen LogP contribution is 2.56. The number of hydrogen-bond donors (Lipinski definition) is 4. The lowest BCUT2D eigenvalue weighted by molar-refractivity contribution is -0.0797. The Balaban J connectivity index is 1.01. The van der Waals surface area contributed by atoms with Gasteiger partial charge in [0, 0.05) is 69.2 Å². The molecule has 0 heterocycles. The molecule has 14 heteroatoms. The molecule has 0 aromatic heterocycles. The Labute approximate surface area is 875 Å². The van der Waals surface area contributed by atoms with Gasteiger partial charge in [-0.3, -0.25) is 0 Å². The molecule has 10 unspecified atom stereocenters. The zero-order chi connectivity index (χ0) is 104. The van der Waals surface area contributed by atoms with Gasteiger partial charge in [0.15, 0.2) is 0 Å². The summed E-state index contributed by atoms with van der Waals surface area (Å²) >= 11 is 0. The number of benzene rings is 10. The van der Waals surface area contributed by atoms with Crippen molar-refractivity contribution in [2.24, 2.45) is 47.3 Å². The Morgan fingerprint density at radius 3 is 0.634 bits per heavy atom. The number of ether oxygens (including phenoxy) is 8. The van der Waals surface area contributed by atoms with Crippen LogP contribution in [0.1, 0.15) is 355 Å². The van der Waals surface area contributed by atoms with Crippen LogP contribution in [0.4, 0.5) is 34.1 Å². The van der Waals surface area contributed by atoms with Gasteiger partial charge < -0.3 is 68.1 Å². The Morgan fingerprint density at radius 1 is 0.248 bits per heavy atom. The molecule has 1 aliphatic rings. The first-order valence-electron chi connectivity index (χ1n) is 57.1. The molecule has 790 valence electrons. The Kier molecular flexibility index (Phi) is 47.3. The fraction of sp³-hybridized carbons (Fsp3) is 0.542. The van der Waals surface area contributed by atoms with E-state index in [0.717, 1.165) is 335 Å². The Bertz CT molecular complexity index is 5270. The third-order valence-corrected chi connectivity index (χ3v) is 31.3. The van der Waals surface area contributed by atoms with E-state index in [4.69, 9.17) is 37.9 Å². The quantitative estimate of drug-likeness (QED) is 0.0285. The molecule has 145 heavy (non-hydrogen) atoms. The van der Waals surface area contributed by atoms with Crippen LogP contribution < -0.4 is 47.7 Å². The number of anilines is 6. The number of aryl methyl sites for hydroxylation is 4. The van der Waals surface area contributed by atoms with Crippen molar-refractivity contribution >= 4 is 34.1 Å². The summed E-state index contributed by atoms with van der Waals surface area (Å²) in [4.78, 5) is 4.43. The molecule has 0 radical (unpaired) electrons. The second kappa shape index (κ2) is 59.6. The van der Waals surface area contributed by atoms with Crippen molar-refractivity contribution in [2.45, 2.75) is 362 Å². The van der Waals surface area contributed by atoms with Gasteiger partial charge in [-0.1, -0.05) is 319 Å². The fourth-order valence-corrected chi connectivity index (χ4v) is 21.2. The van der Waals surface area contributed by atoms with E-state index < -0.39 is 24.0 Å². The molecule has 14 nitrogen and oxygen atoms in total. The first-order valence-corrected chi connectivity index (χ1v) is 57.1. The van der Waals surface area contributed by atoms with E-state index in [1.54, 1.807) is 12.1 Å². The van der Waals surface area contributed by atoms with Crippen molar-refractivity contribution in [1.82, 2.24) is 0 Å². The van der Waals surface area contributed by atoms with Gasteiger partial charge in [0.2, 0.25) is 0 Å². The van der Waals surface area contributed by atoms with Gasteiger partial charge in [0.25, 0.3) is 0 Å². The summed E-state index contributed by atoms with van der Waals surface area (Å²) in [5.41, 5.74) is 17.0. The van der Waals surface area contributed by atoms with Crippen molar-refractivity contribution in [3.63, 3.8) is 0 Å². The predicted molar refractivity (Wildman–Crippen MR) is 610 cm³/mol. The summed E-state index contributed by atoms with van der Waals surface area (Å²) in [6.45, 7) is 49.5. The molecule has 10 atom stereocenters. The lowest BCUT2D eigenvalue weighted by Gasteiger charge is -2.47. The third kappa shape index (κ3) is 31.0. The molecule has 0 aliphatic heterocycles. The monoisotopic (exact) mass is 1980 g/mol. The van der Waals surface area contributed by atoms with Gasteiger partial charge in [-0.25, -0.2) is 0 Å². The van der Waals surface area contributed by atoms with Crippen LogP contribution in [0.2, 0.25) is 0 Å². The van der Waals surface area contributed by atoms with Crippen LogP contribution >= 0.6 is 0 Å². The van der Waals surface area contributed by atoms with Crippen LogP contribution in [0.3, 0.4) is 0 Å². The SMILES string of the molecule is CCCCC(C)COc1cccc(OCC(CC)CCCC)c1-c1ccc(N(c2ccc(C3C(O)C(c4ccc(N(c5ccc(-c6c(OCC(CC)CCCC)cccc6OCC(CC)CCCC)cc5C)c5ccc(-c6c(OCC(CC)CCCC)cccc6OCC(CC)CCCC)cc5C)cc4O)C3O)c(O)c2)c2ccc(-c3c(OCC(CC)CCCC)cccc3OCC(CC)CCCC)cc2C)c(C)c1. The number of aliphatic hydroxyl groups excluding tert-OH is 2. The largest absolute Gasteiger partial charge is 0.508 e. The lowest BCUT2D eigenvalue weighted by Crippen LogP contribution is -2.51. The van der Waals surface area contributed by atoms with Crippen molar-refractivity contribution in [3.05, 3.63) is 215 Å². The average Bonchev–Trinajstić information content (AvgIpc) is 0.729. The summed E-state index contributed by atoms with van der Waals surface area (Å²) in [7, 11) is 0. The fourth-order valence-electron chi connectivity index (χ4n) is 21.2. The van der Waals surface area contributed by atoms with Crippen molar-refractivity contribution in [2.75, 3.05) is 62.7 Å². The molecule has 1 aliphatic carbocycles. The van der Waals surface area contributed by atoms with E-state index >= 15 is 0 Å². The topological polar surface area (TPSA) is 161 Å². The molecular weight excluding hydrogens is 1790 g/mol. The highest BCUT2D eigenvalue weighted by Gasteiger charge is 2.52. The van der Waals surface area contributed by atoms with Gasteiger partial charge in [-0.2, -0.15) is 0 Å². The number of phenolic OH excluding ortho intramolecular Hbond substituents is 2. The molecular formula is C131H184N2O12. The van der Waals surface area contributed by atoms with Gasteiger partial charge in [-0.05, 0) is 280 Å². The molecule has 0 bridgehead atoms. The molecule has 0 amide bonds. The minimum Gasteiger partial charge on any atom is -0.508 e. The first-order chi connectivity index (χ1) is 70.5. The van der Waals surface area contributed by atoms with Crippen LogP contribution in [-0.4, -0.2) is 85.5 Å². The molecule has 0 spiro atoms. The zero-order valence-corrected chi connectivity index (χ0v) is 92.8. The second-order valence-electron chi connectivity index (χ2n) is 42.4. The smallest absolute Gasteiger partial charge is 0.130 e. The zero-order valence-electron chi connectivity index (χ0n) is 92.8. The molecule has 10 aromatic rings. The normalized spacial score (nSPS) is 15.7. The molecule has 11 rings (SSSR count). The summed E-state index contributed by atoms with van der Waals surface area (Å²) < 4.78 is 55.7. The molecule has 0 saturated heterocycles. The summed E-state index contributed by atoms with van der Waals surface area (Å²) in [5.74, 6) is 7.54. The molecule has 1 saturated carbocycles. The number of aromatic hydroxyl groups is 2. The summed E-state index contributed by atoms with van der Waals surface area (Å²) in [6.07, 6.45) is 31.8. The van der Waals surface area contributed by atoms with Crippen LogP contribution in [0.5, 0.6) is 57.5 Å². The predicted octanol–water partition coefficient (Wildman–Crippen LogP) is 36.9. The van der Waals surface area contributed by atoms with E-state index in [2.05, 4.69) is 294 Å². The molecule has 4 N–H and O–H groups in total. The van der Waals surface area contributed by atoms with E-state index in [-0.39, 0.29) is 11.5 Å². The van der Waals surface area contributed by atoms with Gasteiger partial charge >= 0.3 is 0 Å². The lowest BCUT2D eigenvalue weighted by atomic mass is 9.63. The number of rotatable bonds is 67. The van der Waals surface area contributed by atoms with Crippen LogP contribution in [0, 0.1) is 75.0 Å². The van der Waals surface area contributed by atoms with Crippen LogP contribution in [0.15, 0.2) is 182 Å². The number of hydrogen-bond acceptors (Lipinski definition) is 14. The second-order valence-corrected chi connectivity index (χ2v) is 42.4. The number of nitrogens with zero attached hydrogens (tertiary/aromatic N) is 2. The molecule has 10 aromatic carbocycles.